The number of hydrogen-bond acceptors (Lipinski definition) is 5. The number of nitrogens with one attached hydrogen (secondary N) is 1. The molecular weight excluding hydrogens is 583 g/mol. The van der Waals surface area contributed by atoms with Gasteiger partial charge in [-0.25, -0.2) is 0 Å². The molecule has 0 saturated carbocycles. The normalized spacial score (nSPS) is 18.3. The maximum atomic E-state index is 13.9. The summed E-state index contributed by atoms with van der Waals surface area (Å²) in [6, 6.07) is 9.44. The van der Waals surface area contributed by atoms with Gasteiger partial charge in [-0.1, -0.05) is 23.7 Å². The van der Waals surface area contributed by atoms with Gasteiger partial charge < -0.3 is 10.0 Å². The Morgan fingerprint density at radius 2 is 1.98 bits per heavy atom. The zero-order valence-corrected chi connectivity index (χ0v) is 24.4. The van der Waals surface area contributed by atoms with E-state index in [1.54, 1.807) is 50.8 Å². The average Bonchev–Trinajstić information content (AvgIpc) is 3.33. The van der Waals surface area contributed by atoms with E-state index in [2.05, 4.69) is 20.3 Å². The number of ether oxygens (including phenoxy) is 1. The Morgan fingerprint density at radius 1 is 1.27 bits per heavy atom. The van der Waals surface area contributed by atoms with Crippen LogP contribution in [0.3, 0.4) is 0 Å². The first-order valence-corrected chi connectivity index (χ1v) is 13.5. The molecule has 3 rings (SSSR count). The molecule has 4 N–H and O–H groups in total. The van der Waals surface area contributed by atoms with Crippen LogP contribution in [0.5, 0.6) is 5.75 Å². The van der Waals surface area contributed by atoms with Crippen molar-refractivity contribution in [2.24, 2.45) is 5.73 Å². The quantitative estimate of drug-likeness (QED) is 0.212. The van der Waals surface area contributed by atoms with E-state index in [4.69, 9.17) is 22.1 Å². The number of carbonyl (C=O) groups excluding carboxylic acids is 3. The summed E-state index contributed by atoms with van der Waals surface area (Å²) in [5.41, 5.74) is 5.07. The van der Waals surface area contributed by atoms with Gasteiger partial charge in [0.15, 0.2) is 0 Å². The number of aliphatic hydroxyl groups is 1. The first-order valence-electron chi connectivity index (χ1n) is 12.7. The third kappa shape index (κ3) is 7.56. The number of nitrogens with two attached hydrogens (primary N) is 1. The van der Waals surface area contributed by atoms with Crippen LogP contribution in [0.25, 0.3) is 0 Å². The van der Waals surface area contributed by atoms with Gasteiger partial charge in [-0.05, 0) is 44.4 Å². The molecular formula is C29H33ClFN3NiO5. The molecule has 2 aromatic rings. The van der Waals surface area contributed by atoms with E-state index in [1.807, 2.05) is 6.07 Å². The van der Waals surface area contributed by atoms with Crippen molar-refractivity contribution >= 4 is 33.8 Å². The van der Waals surface area contributed by atoms with Gasteiger partial charge >= 0.3 is 140 Å². The number of allylic oxidation sites excluding steroid dienone is 1. The number of rotatable bonds is 10. The molecule has 3 atom stereocenters. The third-order valence-corrected chi connectivity index (χ3v) is 7.03. The number of nitrogens with zero attached hydrogens (tertiary/aromatic N) is 1. The third-order valence-electron chi connectivity index (χ3n) is 6.66. The molecule has 1 heterocycles. The molecule has 1 saturated heterocycles. The van der Waals surface area contributed by atoms with E-state index in [9.17, 15) is 23.9 Å². The molecule has 1 aliphatic heterocycles. The Morgan fingerprint density at radius 3 is 2.55 bits per heavy atom. The summed E-state index contributed by atoms with van der Waals surface area (Å²) >= 11 is 10.8. The van der Waals surface area contributed by atoms with Crippen LogP contribution < -0.4 is 15.8 Å². The molecule has 8 nitrogen and oxygen atoms in total. The van der Waals surface area contributed by atoms with Crippen molar-refractivity contribution in [3.63, 3.8) is 0 Å². The van der Waals surface area contributed by atoms with Crippen molar-refractivity contribution in [3.05, 3.63) is 76.0 Å². The Hall–Kier alpha value is -3.07. The van der Waals surface area contributed by atoms with Crippen molar-refractivity contribution in [3.8, 4) is 5.75 Å². The molecule has 218 valence electrons. The summed E-state index contributed by atoms with van der Waals surface area (Å²) in [5.74, 6) is -2.11. The summed E-state index contributed by atoms with van der Waals surface area (Å²) in [6.45, 7) is 5.45. The van der Waals surface area contributed by atoms with E-state index in [0.29, 0.717) is 22.4 Å². The molecule has 2 aromatic carbocycles. The molecule has 0 unspecified atom stereocenters. The van der Waals surface area contributed by atoms with Gasteiger partial charge in [-0.15, -0.1) is 0 Å². The number of likely N-dealkylation sites (tertiary alicyclic amines) is 1. The van der Waals surface area contributed by atoms with E-state index >= 15 is 0 Å². The summed E-state index contributed by atoms with van der Waals surface area (Å²) in [7, 11) is 0. The fourth-order valence-corrected chi connectivity index (χ4v) is 5.11. The summed E-state index contributed by atoms with van der Waals surface area (Å²) in [5, 5.41) is 14.0. The predicted octanol–water partition coefficient (Wildman–Crippen LogP) is 3.92. The van der Waals surface area contributed by atoms with Crippen LogP contribution >= 0.6 is 11.6 Å². The number of primary amides is 1. The van der Waals surface area contributed by atoms with Crippen LogP contribution in [0.4, 0.5) is 4.39 Å². The van der Waals surface area contributed by atoms with Crippen molar-refractivity contribution in [1.29, 1.82) is 0 Å². The minimum atomic E-state index is -1.18. The minimum absolute atomic E-state index is 0.00363. The van der Waals surface area contributed by atoms with Gasteiger partial charge in [0.2, 0.25) is 0 Å². The fourth-order valence-electron chi connectivity index (χ4n) is 4.78. The Kier molecular flexibility index (Phi) is 10.3. The van der Waals surface area contributed by atoms with Crippen LogP contribution in [0, 0.1) is 0 Å². The Bertz CT molecular complexity index is 1340. The van der Waals surface area contributed by atoms with Crippen LogP contribution in [-0.2, 0) is 31.3 Å². The predicted molar refractivity (Wildman–Crippen MR) is 147 cm³/mol. The zero-order chi connectivity index (χ0) is 29.8. The number of hydrogen-bond donors (Lipinski definition) is 3. The second-order valence-corrected chi connectivity index (χ2v) is 11.4. The molecule has 3 amide bonds. The van der Waals surface area contributed by atoms with Gasteiger partial charge in [0.05, 0.1) is 17.7 Å². The summed E-state index contributed by atoms with van der Waals surface area (Å²) in [4.78, 5) is 40.1. The maximum absolute atomic E-state index is 13.9. The fraction of sp³-hybridized carbons (Fsp3) is 0.379. The number of carbonyl (C=O) groups is 3. The van der Waals surface area contributed by atoms with Crippen LogP contribution in [-0.4, -0.2) is 49.9 Å². The molecule has 0 aliphatic carbocycles. The van der Waals surface area contributed by atoms with Crippen molar-refractivity contribution in [2.75, 3.05) is 0 Å². The van der Waals surface area contributed by atoms with E-state index in [0.717, 1.165) is 5.56 Å². The Labute approximate surface area is 245 Å². The first-order chi connectivity index (χ1) is 18.7. The van der Waals surface area contributed by atoms with Crippen LogP contribution in [0.15, 0.2) is 54.3 Å². The van der Waals surface area contributed by atoms with E-state index in [-0.39, 0.29) is 34.6 Å². The second-order valence-electron chi connectivity index (χ2n) is 10.2. The van der Waals surface area contributed by atoms with E-state index in [1.165, 1.54) is 24.3 Å². The second kappa shape index (κ2) is 13.1. The van der Waals surface area contributed by atoms with Crippen molar-refractivity contribution in [1.82, 2.24) is 10.2 Å². The SMILES string of the molecule is C[C](=[Ni])/C=C(/Oc1ccc(C(=O)N[C@H](C)C(=O)N2[C@H](c3cccc(Cl)c3)CC[C@@H]2C(C)(C)O)cc1CF)C(N)=O. The first kappa shape index (κ1) is 31.5. The zero-order valence-electron chi connectivity index (χ0n) is 22.6. The average molecular weight is 617 g/mol. The summed E-state index contributed by atoms with van der Waals surface area (Å²) < 4.78 is 19.7. The molecule has 0 radical (unpaired) electrons. The molecule has 40 heavy (non-hydrogen) atoms. The van der Waals surface area contributed by atoms with Crippen LogP contribution in [0.2, 0.25) is 5.02 Å². The number of amides is 3. The van der Waals surface area contributed by atoms with Crippen molar-refractivity contribution in [2.45, 2.75) is 70.9 Å². The van der Waals surface area contributed by atoms with Crippen molar-refractivity contribution < 1.29 is 43.6 Å². The molecule has 0 bridgehead atoms. The molecule has 1 fully saturated rings. The molecule has 0 spiro atoms. The number of benzene rings is 2. The molecule has 1 aliphatic rings. The van der Waals surface area contributed by atoms with Gasteiger partial charge in [0, 0.05) is 5.02 Å². The monoisotopic (exact) mass is 615 g/mol. The standard InChI is InChI=1S/C29H33ClFN3O5.Ni/c1-5-7-24(26(32)35)39-23-12-10-19(14-20(23)16-31)27(36)33-17(2)28(37)34-22(11-13-25(34)29(3,4)38)18-8-6-9-21(30)15-18;/h6-10,12,14-15,17,22,25,38H,11,13,16H2,1-4H3,(H2,32,35)(H,33,36);/b24-7+;/t17-,22+,25-;/m1./s1. The van der Waals surface area contributed by atoms with E-state index < -0.39 is 36.2 Å². The number of alkyl halides is 1. The topological polar surface area (TPSA) is 122 Å². The number of halogens is 2. The molecule has 0 aromatic heterocycles. The van der Waals surface area contributed by atoms with Gasteiger partial charge in [-0.3, -0.25) is 4.79 Å². The molecule has 11 heteroatoms. The van der Waals surface area contributed by atoms with Gasteiger partial charge in [0.1, 0.15) is 0 Å². The summed E-state index contributed by atoms with van der Waals surface area (Å²) in [6.07, 6.45) is 2.46. The van der Waals surface area contributed by atoms with Gasteiger partial charge in [-0.2, -0.15) is 0 Å². The Balaban J connectivity index is 1.83. The van der Waals surface area contributed by atoms with Crippen LogP contribution in [0.1, 0.15) is 68.1 Å². The van der Waals surface area contributed by atoms with Gasteiger partial charge in [0.25, 0.3) is 0 Å².